The maximum absolute atomic E-state index is 12.6. The van der Waals surface area contributed by atoms with Gasteiger partial charge in [-0.05, 0) is 50.8 Å². The first kappa shape index (κ1) is 16.9. The van der Waals surface area contributed by atoms with Gasteiger partial charge in [0.2, 0.25) is 11.9 Å². The van der Waals surface area contributed by atoms with Crippen LogP contribution in [0.3, 0.4) is 0 Å². The van der Waals surface area contributed by atoms with Crippen molar-refractivity contribution < 1.29 is 4.79 Å². The van der Waals surface area contributed by atoms with Crippen molar-refractivity contribution in [2.24, 2.45) is 0 Å². The summed E-state index contributed by atoms with van der Waals surface area (Å²) in [6, 6.07) is 6.02. The number of piperidine rings is 1. The molecule has 6 nitrogen and oxygen atoms in total. The van der Waals surface area contributed by atoms with Crippen molar-refractivity contribution in [1.29, 1.82) is 0 Å². The van der Waals surface area contributed by atoms with Crippen LogP contribution < -0.4 is 4.90 Å². The lowest BCUT2D eigenvalue weighted by Crippen LogP contribution is -2.53. The summed E-state index contributed by atoms with van der Waals surface area (Å²) in [5.41, 5.74) is 3.00. The van der Waals surface area contributed by atoms with Gasteiger partial charge in [0.15, 0.2) is 0 Å². The maximum Gasteiger partial charge on any atom is 0.225 e. The zero-order chi connectivity index (χ0) is 18.1. The van der Waals surface area contributed by atoms with Gasteiger partial charge in [-0.1, -0.05) is 6.07 Å². The minimum Gasteiger partial charge on any atom is -0.341 e. The number of hydrogen-bond donors (Lipinski definition) is 0. The van der Waals surface area contributed by atoms with E-state index in [9.17, 15) is 4.79 Å². The number of anilines is 1. The molecule has 2 saturated heterocycles. The number of aryl methyl sites for hydroxylation is 2. The predicted molar refractivity (Wildman–Crippen MR) is 99.7 cm³/mol. The van der Waals surface area contributed by atoms with Crippen LogP contribution >= 0.6 is 0 Å². The van der Waals surface area contributed by atoms with Crippen LogP contribution in [0.2, 0.25) is 0 Å². The summed E-state index contributed by atoms with van der Waals surface area (Å²) < 4.78 is 0. The van der Waals surface area contributed by atoms with Gasteiger partial charge in [-0.2, -0.15) is 0 Å². The SMILES string of the molecule is Cc1cnc(N2CCC3(CCC(=O)N3Cc3cccc(C)n3)CC2)nc1. The Kier molecular flexibility index (Phi) is 4.34. The smallest absolute Gasteiger partial charge is 0.225 e. The van der Waals surface area contributed by atoms with E-state index in [1.165, 1.54) is 0 Å². The molecule has 1 amide bonds. The molecule has 1 spiro atoms. The lowest BCUT2D eigenvalue weighted by Gasteiger charge is -2.45. The number of hydrogen-bond acceptors (Lipinski definition) is 5. The normalized spacial score (nSPS) is 19.4. The molecule has 0 atom stereocenters. The van der Waals surface area contributed by atoms with Crippen LogP contribution in [0.5, 0.6) is 0 Å². The fourth-order valence-corrected chi connectivity index (χ4v) is 4.17. The summed E-state index contributed by atoms with van der Waals surface area (Å²) in [4.78, 5) is 30.4. The average molecular weight is 351 g/mol. The minimum atomic E-state index is -0.0380. The largest absolute Gasteiger partial charge is 0.341 e. The number of amides is 1. The molecular weight excluding hydrogens is 326 g/mol. The average Bonchev–Trinajstić information content (AvgIpc) is 2.93. The van der Waals surface area contributed by atoms with Crippen molar-refractivity contribution in [2.75, 3.05) is 18.0 Å². The second-order valence-corrected chi connectivity index (χ2v) is 7.52. The predicted octanol–water partition coefficient (Wildman–Crippen LogP) is 2.65. The van der Waals surface area contributed by atoms with E-state index in [1.807, 2.05) is 44.4 Å². The Morgan fingerprint density at radius 1 is 1.08 bits per heavy atom. The van der Waals surface area contributed by atoms with Crippen LogP contribution in [0.1, 0.15) is 42.6 Å². The zero-order valence-electron chi connectivity index (χ0n) is 15.5. The monoisotopic (exact) mass is 351 g/mol. The van der Waals surface area contributed by atoms with Crippen LogP contribution in [0.15, 0.2) is 30.6 Å². The number of likely N-dealkylation sites (tertiary alicyclic amines) is 1. The Labute approximate surface area is 154 Å². The summed E-state index contributed by atoms with van der Waals surface area (Å²) >= 11 is 0. The second-order valence-electron chi connectivity index (χ2n) is 7.52. The highest BCUT2D eigenvalue weighted by Crippen LogP contribution is 2.40. The summed E-state index contributed by atoms with van der Waals surface area (Å²) in [5, 5.41) is 0. The molecule has 4 rings (SSSR count). The van der Waals surface area contributed by atoms with Crippen LogP contribution in [0, 0.1) is 13.8 Å². The Balaban J connectivity index is 1.49. The molecule has 0 N–H and O–H groups in total. The number of carbonyl (C=O) groups is 1. The van der Waals surface area contributed by atoms with Gasteiger partial charge in [0.25, 0.3) is 0 Å². The van der Waals surface area contributed by atoms with Gasteiger partial charge in [0, 0.05) is 43.1 Å². The van der Waals surface area contributed by atoms with Crippen molar-refractivity contribution in [3.63, 3.8) is 0 Å². The molecule has 0 bridgehead atoms. The van der Waals surface area contributed by atoms with Crippen molar-refractivity contribution in [3.8, 4) is 0 Å². The molecule has 0 unspecified atom stereocenters. The zero-order valence-corrected chi connectivity index (χ0v) is 15.5. The molecule has 6 heteroatoms. The van der Waals surface area contributed by atoms with Crippen LogP contribution in [0.25, 0.3) is 0 Å². The van der Waals surface area contributed by atoms with Crippen molar-refractivity contribution in [3.05, 3.63) is 47.5 Å². The molecule has 2 aliphatic rings. The summed E-state index contributed by atoms with van der Waals surface area (Å²) in [7, 11) is 0. The molecular formula is C20H25N5O. The molecule has 4 heterocycles. The Hall–Kier alpha value is -2.50. The number of carbonyl (C=O) groups excluding carboxylic acids is 1. The number of pyridine rings is 1. The van der Waals surface area contributed by atoms with Gasteiger partial charge in [0.05, 0.1) is 12.2 Å². The highest BCUT2D eigenvalue weighted by Gasteiger charge is 2.47. The minimum absolute atomic E-state index is 0.0380. The summed E-state index contributed by atoms with van der Waals surface area (Å²) in [6.07, 6.45) is 7.24. The summed E-state index contributed by atoms with van der Waals surface area (Å²) in [6.45, 7) is 6.37. The lowest BCUT2D eigenvalue weighted by atomic mass is 9.85. The fourth-order valence-electron chi connectivity index (χ4n) is 4.17. The molecule has 0 aromatic carbocycles. The fraction of sp³-hybridized carbons (Fsp3) is 0.500. The van der Waals surface area contributed by atoms with E-state index in [0.717, 1.165) is 55.3 Å². The Morgan fingerprint density at radius 2 is 1.81 bits per heavy atom. The number of rotatable bonds is 3. The third-order valence-electron chi connectivity index (χ3n) is 5.69. The third kappa shape index (κ3) is 3.16. The highest BCUT2D eigenvalue weighted by atomic mass is 16.2. The van der Waals surface area contributed by atoms with Crippen molar-refractivity contribution in [1.82, 2.24) is 19.9 Å². The molecule has 2 fully saturated rings. The van der Waals surface area contributed by atoms with E-state index < -0.39 is 0 Å². The lowest BCUT2D eigenvalue weighted by molar-refractivity contribution is -0.132. The highest BCUT2D eigenvalue weighted by molar-refractivity contribution is 5.79. The van der Waals surface area contributed by atoms with Crippen molar-refractivity contribution in [2.45, 2.75) is 51.6 Å². The standard InChI is InChI=1S/C20H25N5O/c1-15-12-21-19(22-13-15)24-10-8-20(9-11-24)7-6-18(26)25(20)14-17-5-3-4-16(2)23-17/h3-5,12-13H,6-11,14H2,1-2H3. The first-order valence-electron chi connectivity index (χ1n) is 9.32. The Morgan fingerprint density at radius 3 is 2.50 bits per heavy atom. The topological polar surface area (TPSA) is 62.2 Å². The molecule has 0 radical (unpaired) electrons. The Bertz CT molecular complexity index is 796. The molecule has 0 aliphatic carbocycles. The van der Waals surface area contributed by atoms with Gasteiger partial charge in [-0.3, -0.25) is 9.78 Å². The maximum atomic E-state index is 12.6. The van der Waals surface area contributed by atoms with Gasteiger partial charge in [0.1, 0.15) is 0 Å². The first-order valence-corrected chi connectivity index (χ1v) is 9.32. The van der Waals surface area contributed by atoms with E-state index in [1.54, 1.807) is 0 Å². The van der Waals surface area contributed by atoms with Crippen LogP contribution in [-0.2, 0) is 11.3 Å². The van der Waals surface area contributed by atoms with E-state index >= 15 is 0 Å². The van der Waals surface area contributed by atoms with Crippen molar-refractivity contribution >= 4 is 11.9 Å². The number of nitrogens with zero attached hydrogens (tertiary/aromatic N) is 5. The second kappa shape index (κ2) is 6.67. The molecule has 0 saturated carbocycles. The molecule has 2 aromatic rings. The van der Waals surface area contributed by atoms with Crippen LogP contribution in [0.4, 0.5) is 5.95 Å². The van der Waals surface area contributed by atoms with E-state index in [0.29, 0.717) is 13.0 Å². The molecule has 2 aliphatic heterocycles. The molecule has 26 heavy (non-hydrogen) atoms. The van der Waals surface area contributed by atoms with Gasteiger partial charge >= 0.3 is 0 Å². The molecule has 2 aromatic heterocycles. The van der Waals surface area contributed by atoms with Gasteiger partial charge in [-0.15, -0.1) is 0 Å². The van der Waals surface area contributed by atoms with Gasteiger partial charge in [-0.25, -0.2) is 9.97 Å². The summed E-state index contributed by atoms with van der Waals surface area (Å²) in [5.74, 6) is 1.05. The number of aromatic nitrogens is 3. The van der Waals surface area contributed by atoms with E-state index in [4.69, 9.17) is 0 Å². The van der Waals surface area contributed by atoms with E-state index in [2.05, 4.69) is 24.8 Å². The first-order chi connectivity index (χ1) is 12.6. The van der Waals surface area contributed by atoms with Gasteiger partial charge < -0.3 is 9.80 Å². The quantitative estimate of drug-likeness (QED) is 0.851. The molecule has 136 valence electrons. The third-order valence-corrected chi connectivity index (χ3v) is 5.69. The van der Waals surface area contributed by atoms with E-state index in [-0.39, 0.29) is 11.4 Å². The van der Waals surface area contributed by atoms with Crippen LogP contribution in [-0.4, -0.2) is 44.4 Å².